The lowest BCUT2D eigenvalue weighted by Gasteiger charge is -2.32. The second-order valence-electron chi connectivity index (χ2n) is 11.4. The first kappa shape index (κ1) is 30.6. The van der Waals surface area contributed by atoms with Crippen molar-refractivity contribution in [3.05, 3.63) is 34.4 Å². The Morgan fingerprint density at radius 3 is 2.42 bits per heavy atom. The van der Waals surface area contributed by atoms with Crippen LogP contribution in [0.2, 0.25) is 0 Å². The number of nitro groups is 1. The molecule has 1 N–H and O–H groups in total. The maximum absolute atomic E-state index is 13.1. The second kappa shape index (κ2) is 14.5. The van der Waals surface area contributed by atoms with Crippen molar-refractivity contribution in [2.24, 2.45) is 0 Å². The van der Waals surface area contributed by atoms with Gasteiger partial charge in [-0.1, -0.05) is 45.4 Å². The first-order chi connectivity index (χ1) is 19.3. The molecule has 0 spiro atoms. The lowest BCUT2D eigenvalue weighted by molar-refractivity contribution is -0.384. The van der Waals surface area contributed by atoms with E-state index >= 15 is 0 Å². The molecular formula is C29H45N3O8. The summed E-state index contributed by atoms with van der Waals surface area (Å²) in [6.07, 6.45) is 6.82. The number of hydrogen-bond acceptors (Lipinski definition) is 9. The number of nitrogens with zero attached hydrogens (tertiary/aromatic N) is 2. The summed E-state index contributed by atoms with van der Waals surface area (Å²) in [5.41, 5.74) is 0.348. The monoisotopic (exact) mass is 563 g/mol. The standard InChI is InChI=1S/C29H45N3O8/c1-4-5-6-9-12-19-36-27-26-25(39-29(2,3)40-26)24(38-27)23(20-31-17-10-7-8-11-18-31)37-28(33)30-21-13-15-22(16-14-21)32(34)35/h13-16,23-27H,4-12,17-20H2,1-3H3,(H,30,33)/t23-,24-,25+,26+,27+/m1/s1. The Kier molecular flexibility index (Phi) is 11.1. The molecule has 3 saturated heterocycles. The zero-order valence-electron chi connectivity index (χ0n) is 24.0. The van der Waals surface area contributed by atoms with E-state index < -0.39 is 47.5 Å². The molecule has 0 aromatic heterocycles. The summed E-state index contributed by atoms with van der Waals surface area (Å²) in [7, 11) is 0. The van der Waals surface area contributed by atoms with Gasteiger partial charge in [0.05, 0.1) is 4.92 Å². The molecule has 0 unspecified atom stereocenters. The van der Waals surface area contributed by atoms with Gasteiger partial charge in [0.1, 0.15) is 24.4 Å². The van der Waals surface area contributed by atoms with E-state index in [1.54, 1.807) is 0 Å². The van der Waals surface area contributed by atoms with Crippen LogP contribution >= 0.6 is 0 Å². The molecular weight excluding hydrogens is 518 g/mol. The van der Waals surface area contributed by atoms with Crippen molar-refractivity contribution in [1.82, 2.24) is 4.90 Å². The minimum Gasteiger partial charge on any atom is -0.442 e. The predicted octanol–water partition coefficient (Wildman–Crippen LogP) is 5.62. The molecule has 1 aromatic rings. The Bertz CT molecular complexity index is 951. The molecule has 3 aliphatic heterocycles. The van der Waals surface area contributed by atoms with Gasteiger partial charge in [0.15, 0.2) is 12.1 Å². The maximum atomic E-state index is 13.1. The van der Waals surface area contributed by atoms with Crippen LogP contribution < -0.4 is 5.32 Å². The third-order valence-electron chi connectivity index (χ3n) is 7.66. The van der Waals surface area contributed by atoms with Crippen molar-refractivity contribution in [2.45, 2.75) is 115 Å². The number of likely N-dealkylation sites (tertiary alicyclic amines) is 1. The largest absolute Gasteiger partial charge is 0.442 e. The van der Waals surface area contributed by atoms with Gasteiger partial charge in [-0.05, 0) is 58.3 Å². The fourth-order valence-corrected chi connectivity index (χ4v) is 5.66. The number of non-ortho nitro benzene ring substituents is 1. The van der Waals surface area contributed by atoms with Crippen LogP contribution in [-0.2, 0) is 23.7 Å². The number of anilines is 1. The molecule has 1 amide bonds. The van der Waals surface area contributed by atoms with Gasteiger partial charge in [-0.25, -0.2) is 4.79 Å². The summed E-state index contributed by atoms with van der Waals surface area (Å²) in [6.45, 7) is 8.84. The SMILES string of the molecule is CCCCCCCO[C@H]1O[C@H]([C@@H](CN2CCCCCC2)OC(=O)Nc2ccc([N+](=O)[O-])cc2)[C@@H]2OC(C)(C)O[C@H]12. The van der Waals surface area contributed by atoms with Gasteiger partial charge in [0, 0.05) is 31.0 Å². The number of nitro benzene ring substituents is 1. The molecule has 3 fully saturated rings. The first-order valence-corrected chi connectivity index (χ1v) is 14.8. The second-order valence-corrected chi connectivity index (χ2v) is 11.4. The van der Waals surface area contributed by atoms with E-state index in [1.165, 1.54) is 56.4 Å². The van der Waals surface area contributed by atoms with Crippen LogP contribution in [0, 0.1) is 10.1 Å². The lowest BCUT2D eigenvalue weighted by atomic mass is 10.0. The highest BCUT2D eigenvalue weighted by molar-refractivity contribution is 5.84. The predicted molar refractivity (Wildman–Crippen MR) is 149 cm³/mol. The third-order valence-corrected chi connectivity index (χ3v) is 7.66. The maximum Gasteiger partial charge on any atom is 0.412 e. The van der Waals surface area contributed by atoms with Crippen LogP contribution in [0.3, 0.4) is 0 Å². The lowest BCUT2D eigenvalue weighted by Crippen LogP contribution is -2.48. The van der Waals surface area contributed by atoms with Crippen molar-refractivity contribution >= 4 is 17.5 Å². The number of carbonyl (C=O) groups is 1. The van der Waals surface area contributed by atoms with Crippen LogP contribution in [0.15, 0.2) is 24.3 Å². The molecule has 0 saturated carbocycles. The van der Waals surface area contributed by atoms with Crippen LogP contribution in [0.4, 0.5) is 16.2 Å². The first-order valence-electron chi connectivity index (χ1n) is 14.8. The summed E-state index contributed by atoms with van der Waals surface area (Å²) in [4.78, 5) is 25.9. The van der Waals surface area contributed by atoms with E-state index in [1.807, 2.05) is 13.8 Å². The van der Waals surface area contributed by atoms with Gasteiger partial charge >= 0.3 is 6.09 Å². The number of hydrogen-bond donors (Lipinski definition) is 1. The number of benzene rings is 1. The van der Waals surface area contributed by atoms with E-state index in [0.717, 1.165) is 38.8 Å². The fourth-order valence-electron chi connectivity index (χ4n) is 5.66. The summed E-state index contributed by atoms with van der Waals surface area (Å²) >= 11 is 0. The summed E-state index contributed by atoms with van der Waals surface area (Å²) in [5, 5.41) is 13.7. The fraction of sp³-hybridized carbons (Fsp3) is 0.759. The molecule has 0 aliphatic carbocycles. The van der Waals surface area contributed by atoms with Crippen molar-refractivity contribution in [1.29, 1.82) is 0 Å². The molecule has 3 aliphatic rings. The number of carbonyl (C=O) groups excluding carboxylic acids is 1. The molecule has 40 heavy (non-hydrogen) atoms. The number of rotatable bonds is 13. The number of unbranched alkanes of at least 4 members (excludes halogenated alkanes) is 4. The number of nitrogens with one attached hydrogen (secondary N) is 1. The van der Waals surface area contributed by atoms with Crippen LogP contribution in [-0.4, -0.2) is 78.7 Å². The van der Waals surface area contributed by atoms with Crippen molar-refractivity contribution in [3.63, 3.8) is 0 Å². The Morgan fingerprint density at radius 1 is 1.07 bits per heavy atom. The molecule has 224 valence electrons. The number of amides is 1. The molecule has 11 nitrogen and oxygen atoms in total. The topological polar surface area (TPSA) is 122 Å². The van der Waals surface area contributed by atoms with Gasteiger partial charge in [-0.15, -0.1) is 0 Å². The highest BCUT2D eigenvalue weighted by Crippen LogP contribution is 2.41. The highest BCUT2D eigenvalue weighted by Gasteiger charge is 2.58. The third kappa shape index (κ3) is 8.59. The zero-order valence-corrected chi connectivity index (χ0v) is 24.0. The quantitative estimate of drug-likeness (QED) is 0.185. The molecule has 0 bridgehead atoms. The van der Waals surface area contributed by atoms with Gasteiger partial charge < -0.3 is 23.7 Å². The van der Waals surface area contributed by atoms with E-state index in [-0.39, 0.29) is 5.69 Å². The molecule has 4 rings (SSSR count). The van der Waals surface area contributed by atoms with E-state index in [4.69, 9.17) is 23.7 Å². The minimum absolute atomic E-state index is 0.0549. The van der Waals surface area contributed by atoms with Gasteiger partial charge in [0.2, 0.25) is 0 Å². The number of fused-ring (bicyclic) bond motifs is 1. The summed E-state index contributed by atoms with van der Waals surface area (Å²) in [6, 6.07) is 5.63. The van der Waals surface area contributed by atoms with Crippen LogP contribution in [0.25, 0.3) is 0 Å². The van der Waals surface area contributed by atoms with Gasteiger partial charge in [-0.3, -0.25) is 20.3 Å². The van der Waals surface area contributed by atoms with E-state index in [0.29, 0.717) is 18.8 Å². The molecule has 0 radical (unpaired) electrons. The highest BCUT2D eigenvalue weighted by atomic mass is 16.8. The van der Waals surface area contributed by atoms with Gasteiger partial charge in [0.25, 0.3) is 5.69 Å². The minimum atomic E-state index is -0.811. The van der Waals surface area contributed by atoms with E-state index in [2.05, 4.69) is 17.1 Å². The smallest absolute Gasteiger partial charge is 0.412 e. The Labute approximate surface area is 236 Å². The van der Waals surface area contributed by atoms with Crippen molar-refractivity contribution in [3.8, 4) is 0 Å². The normalized spacial score (nSPS) is 27.1. The van der Waals surface area contributed by atoms with Crippen molar-refractivity contribution < 1.29 is 33.4 Å². The van der Waals surface area contributed by atoms with Crippen molar-refractivity contribution in [2.75, 3.05) is 31.6 Å². The number of ether oxygens (including phenoxy) is 5. The summed E-state index contributed by atoms with van der Waals surface area (Å²) in [5.74, 6) is -0.811. The molecule has 5 atom stereocenters. The van der Waals surface area contributed by atoms with E-state index in [9.17, 15) is 14.9 Å². The zero-order chi connectivity index (χ0) is 28.5. The molecule has 3 heterocycles. The molecule has 1 aromatic carbocycles. The average molecular weight is 564 g/mol. The van der Waals surface area contributed by atoms with Gasteiger partial charge in [-0.2, -0.15) is 0 Å². The van der Waals surface area contributed by atoms with Crippen LogP contribution in [0.1, 0.15) is 78.6 Å². The Balaban J connectivity index is 1.45. The molecule has 11 heteroatoms. The average Bonchev–Trinajstić information content (AvgIpc) is 3.26. The van der Waals surface area contributed by atoms with Crippen LogP contribution in [0.5, 0.6) is 0 Å². The Hall–Kier alpha value is -2.31. The Morgan fingerprint density at radius 2 is 1.75 bits per heavy atom. The summed E-state index contributed by atoms with van der Waals surface area (Å²) < 4.78 is 31.1.